The number of Topliss-reactive ketones (excluding diaryl/α,β-unsaturated/α-hetero) is 1. The molecule has 1 aromatic rings. The summed E-state index contributed by atoms with van der Waals surface area (Å²) in [4.78, 5) is 16.0. The van der Waals surface area contributed by atoms with Crippen molar-refractivity contribution in [1.82, 2.24) is 4.98 Å². The Kier molecular flexibility index (Phi) is 2.48. The van der Waals surface area contributed by atoms with Gasteiger partial charge in [0.1, 0.15) is 5.69 Å². The number of nitrogens with two attached hydrogens (primary N) is 1. The predicted octanol–water partition coefficient (Wildman–Crippen LogP) is 2.04. The number of hydrogen-bond acceptors (Lipinski definition) is 3. The van der Waals surface area contributed by atoms with Crippen LogP contribution < -0.4 is 5.73 Å². The fourth-order valence-electron chi connectivity index (χ4n) is 2.00. The summed E-state index contributed by atoms with van der Waals surface area (Å²) < 4.78 is 0. The topological polar surface area (TPSA) is 56.0 Å². The van der Waals surface area contributed by atoms with E-state index >= 15 is 0 Å². The summed E-state index contributed by atoms with van der Waals surface area (Å²) in [6.07, 6.45) is 5.93. The minimum Gasteiger partial charge on any atom is -0.397 e. The molecule has 1 fully saturated rings. The molecule has 0 amide bonds. The van der Waals surface area contributed by atoms with Crippen molar-refractivity contribution in [3.63, 3.8) is 0 Å². The van der Waals surface area contributed by atoms with E-state index in [0.717, 1.165) is 25.7 Å². The Morgan fingerprint density at radius 2 is 2.14 bits per heavy atom. The number of pyridine rings is 1. The molecule has 2 N–H and O–H groups in total. The van der Waals surface area contributed by atoms with E-state index in [4.69, 9.17) is 5.73 Å². The quantitative estimate of drug-likeness (QED) is 0.726. The summed E-state index contributed by atoms with van der Waals surface area (Å²) >= 11 is 0. The van der Waals surface area contributed by atoms with E-state index in [9.17, 15) is 4.79 Å². The predicted molar refractivity (Wildman–Crippen MR) is 54.9 cm³/mol. The van der Waals surface area contributed by atoms with Crippen LogP contribution in [0.1, 0.15) is 36.2 Å². The van der Waals surface area contributed by atoms with E-state index < -0.39 is 0 Å². The molecule has 14 heavy (non-hydrogen) atoms. The molecule has 1 saturated carbocycles. The van der Waals surface area contributed by atoms with Crippen LogP contribution in [0, 0.1) is 5.92 Å². The van der Waals surface area contributed by atoms with Crippen molar-refractivity contribution in [3.8, 4) is 0 Å². The maximum Gasteiger partial charge on any atom is 0.186 e. The molecule has 0 atom stereocenters. The second-order valence-electron chi connectivity index (χ2n) is 3.79. The lowest BCUT2D eigenvalue weighted by Gasteiger charge is -2.08. The molecule has 0 bridgehead atoms. The second-order valence-corrected chi connectivity index (χ2v) is 3.79. The van der Waals surface area contributed by atoms with Crippen LogP contribution in [0.4, 0.5) is 5.69 Å². The summed E-state index contributed by atoms with van der Waals surface area (Å²) in [5.74, 6) is 0.285. The SMILES string of the molecule is Nc1cccnc1C(=O)C1CCCC1. The average Bonchev–Trinajstić information content (AvgIpc) is 2.70. The number of carbonyl (C=O) groups is 1. The molecule has 1 aromatic heterocycles. The van der Waals surface area contributed by atoms with Crippen molar-refractivity contribution in [2.24, 2.45) is 5.92 Å². The van der Waals surface area contributed by atoms with Crippen molar-refractivity contribution in [2.45, 2.75) is 25.7 Å². The highest BCUT2D eigenvalue weighted by molar-refractivity contribution is 6.00. The van der Waals surface area contributed by atoms with Crippen LogP contribution in [0.5, 0.6) is 0 Å². The molecule has 0 spiro atoms. The number of nitrogen functional groups attached to an aromatic ring is 1. The van der Waals surface area contributed by atoms with E-state index in [0.29, 0.717) is 11.4 Å². The minimum absolute atomic E-state index is 0.126. The largest absolute Gasteiger partial charge is 0.397 e. The number of anilines is 1. The van der Waals surface area contributed by atoms with Gasteiger partial charge in [0.15, 0.2) is 5.78 Å². The van der Waals surface area contributed by atoms with Crippen molar-refractivity contribution in [2.75, 3.05) is 5.73 Å². The zero-order valence-corrected chi connectivity index (χ0v) is 8.07. The van der Waals surface area contributed by atoms with Crippen LogP contribution in [0.25, 0.3) is 0 Å². The van der Waals surface area contributed by atoms with Crippen LogP contribution in [0.3, 0.4) is 0 Å². The summed E-state index contributed by atoms with van der Waals surface area (Å²) in [6.45, 7) is 0. The molecular weight excluding hydrogens is 176 g/mol. The summed E-state index contributed by atoms with van der Waals surface area (Å²) in [7, 11) is 0. The molecule has 3 heteroatoms. The highest BCUT2D eigenvalue weighted by Crippen LogP contribution is 2.28. The first kappa shape index (κ1) is 9.19. The Morgan fingerprint density at radius 3 is 2.79 bits per heavy atom. The smallest absolute Gasteiger partial charge is 0.186 e. The molecule has 1 heterocycles. The van der Waals surface area contributed by atoms with Crippen molar-refractivity contribution in [1.29, 1.82) is 0 Å². The van der Waals surface area contributed by atoms with Gasteiger partial charge in [-0.3, -0.25) is 9.78 Å². The number of aromatic nitrogens is 1. The molecule has 2 rings (SSSR count). The Hall–Kier alpha value is -1.38. The van der Waals surface area contributed by atoms with Gasteiger partial charge in [-0.25, -0.2) is 0 Å². The van der Waals surface area contributed by atoms with Gasteiger partial charge in [0, 0.05) is 12.1 Å². The van der Waals surface area contributed by atoms with Crippen LogP contribution in [0.2, 0.25) is 0 Å². The fourth-order valence-corrected chi connectivity index (χ4v) is 2.00. The van der Waals surface area contributed by atoms with E-state index in [1.165, 1.54) is 0 Å². The first-order valence-electron chi connectivity index (χ1n) is 5.04. The third-order valence-corrected chi connectivity index (χ3v) is 2.80. The molecule has 1 aliphatic rings. The molecule has 0 radical (unpaired) electrons. The van der Waals surface area contributed by atoms with Gasteiger partial charge in [0.2, 0.25) is 0 Å². The number of ketones is 1. The van der Waals surface area contributed by atoms with Crippen LogP contribution >= 0.6 is 0 Å². The van der Waals surface area contributed by atoms with Gasteiger partial charge < -0.3 is 5.73 Å². The van der Waals surface area contributed by atoms with Crippen molar-refractivity contribution < 1.29 is 4.79 Å². The van der Waals surface area contributed by atoms with Crippen LogP contribution in [-0.2, 0) is 0 Å². The summed E-state index contributed by atoms with van der Waals surface area (Å²) in [6, 6.07) is 3.48. The van der Waals surface area contributed by atoms with Crippen LogP contribution in [0.15, 0.2) is 18.3 Å². The van der Waals surface area contributed by atoms with Gasteiger partial charge in [-0.15, -0.1) is 0 Å². The van der Waals surface area contributed by atoms with Gasteiger partial charge >= 0.3 is 0 Å². The Morgan fingerprint density at radius 1 is 1.43 bits per heavy atom. The van der Waals surface area contributed by atoms with E-state index in [-0.39, 0.29) is 11.7 Å². The molecule has 3 nitrogen and oxygen atoms in total. The lowest BCUT2D eigenvalue weighted by molar-refractivity contribution is 0.0919. The number of hydrogen-bond donors (Lipinski definition) is 1. The molecule has 0 saturated heterocycles. The highest BCUT2D eigenvalue weighted by atomic mass is 16.1. The number of nitrogens with zero attached hydrogens (tertiary/aromatic N) is 1. The Balaban J connectivity index is 2.22. The van der Waals surface area contributed by atoms with Crippen LogP contribution in [-0.4, -0.2) is 10.8 Å². The van der Waals surface area contributed by atoms with E-state index in [1.54, 1.807) is 18.3 Å². The molecule has 0 unspecified atom stereocenters. The monoisotopic (exact) mass is 190 g/mol. The zero-order valence-electron chi connectivity index (χ0n) is 8.07. The Bertz CT molecular complexity index is 343. The van der Waals surface area contributed by atoms with Gasteiger partial charge in [0.25, 0.3) is 0 Å². The maximum atomic E-state index is 11.9. The van der Waals surface area contributed by atoms with Gasteiger partial charge in [-0.2, -0.15) is 0 Å². The zero-order chi connectivity index (χ0) is 9.97. The van der Waals surface area contributed by atoms with E-state index in [1.807, 2.05) is 0 Å². The van der Waals surface area contributed by atoms with Gasteiger partial charge in [-0.1, -0.05) is 12.8 Å². The molecule has 0 aliphatic heterocycles. The third kappa shape index (κ3) is 1.62. The molecule has 0 aromatic carbocycles. The minimum atomic E-state index is 0.126. The first-order valence-corrected chi connectivity index (χ1v) is 5.04. The highest BCUT2D eigenvalue weighted by Gasteiger charge is 2.25. The first-order chi connectivity index (χ1) is 6.79. The van der Waals surface area contributed by atoms with Crippen molar-refractivity contribution in [3.05, 3.63) is 24.0 Å². The summed E-state index contributed by atoms with van der Waals surface area (Å²) in [5, 5.41) is 0. The number of rotatable bonds is 2. The molecule has 74 valence electrons. The van der Waals surface area contributed by atoms with Gasteiger partial charge in [-0.05, 0) is 25.0 Å². The fraction of sp³-hybridized carbons (Fsp3) is 0.455. The Labute approximate surface area is 83.3 Å². The number of carbonyl (C=O) groups excluding carboxylic acids is 1. The maximum absolute atomic E-state index is 11.9. The summed E-state index contributed by atoms with van der Waals surface area (Å²) in [5.41, 5.74) is 6.67. The van der Waals surface area contributed by atoms with E-state index in [2.05, 4.69) is 4.98 Å². The van der Waals surface area contributed by atoms with Gasteiger partial charge in [0.05, 0.1) is 5.69 Å². The third-order valence-electron chi connectivity index (χ3n) is 2.80. The lowest BCUT2D eigenvalue weighted by Crippen LogP contribution is -2.14. The molecule has 1 aliphatic carbocycles. The van der Waals surface area contributed by atoms with Crippen molar-refractivity contribution >= 4 is 11.5 Å². The molecular formula is C11H14N2O. The standard InChI is InChI=1S/C11H14N2O/c12-9-6-3-7-13-10(9)11(14)8-4-1-2-5-8/h3,6-8H,1-2,4-5,12H2. The normalized spacial score (nSPS) is 17.1. The average molecular weight is 190 g/mol. The second kappa shape index (κ2) is 3.78. The lowest BCUT2D eigenvalue weighted by atomic mass is 9.99.